The number of benzene rings is 2. The number of fused-ring (bicyclic) bond motifs is 1. The van der Waals surface area contributed by atoms with Gasteiger partial charge in [-0.15, -0.1) is 0 Å². The predicted octanol–water partition coefficient (Wildman–Crippen LogP) is 4.01. The summed E-state index contributed by atoms with van der Waals surface area (Å²) in [5.74, 6) is 0.674. The first-order valence-corrected chi connectivity index (χ1v) is 9.61. The van der Waals surface area contributed by atoms with Crippen molar-refractivity contribution in [1.82, 2.24) is 19.1 Å². The SMILES string of the molecule is C=C(C)c1cccc(Nc2ncnc3ccc(-n4ccn(CCOC)c4=O)cc23)c1. The Labute approximate surface area is 174 Å². The summed E-state index contributed by atoms with van der Waals surface area (Å²) in [6, 6.07) is 13.7. The van der Waals surface area contributed by atoms with Crippen molar-refractivity contribution >= 4 is 28.0 Å². The zero-order chi connectivity index (χ0) is 21.1. The van der Waals surface area contributed by atoms with E-state index >= 15 is 0 Å². The van der Waals surface area contributed by atoms with E-state index in [1.807, 2.05) is 49.4 Å². The number of anilines is 2. The molecule has 152 valence electrons. The average molecular weight is 401 g/mol. The number of nitrogens with zero attached hydrogens (tertiary/aromatic N) is 4. The van der Waals surface area contributed by atoms with Crippen LogP contribution in [-0.4, -0.2) is 32.8 Å². The molecular formula is C23H23N5O2. The van der Waals surface area contributed by atoms with Crippen LogP contribution in [0.4, 0.5) is 11.5 Å². The zero-order valence-corrected chi connectivity index (χ0v) is 17.0. The highest BCUT2D eigenvalue weighted by atomic mass is 16.5. The van der Waals surface area contributed by atoms with Crippen LogP contribution in [-0.2, 0) is 11.3 Å². The van der Waals surface area contributed by atoms with Gasteiger partial charge in [0.2, 0.25) is 0 Å². The van der Waals surface area contributed by atoms with Crippen molar-refractivity contribution in [3.63, 3.8) is 0 Å². The van der Waals surface area contributed by atoms with Gasteiger partial charge in [0.1, 0.15) is 12.1 Å². The quantitative estimate of drug-likeness (QED) is 0.507. The number of ether oxygens (including phenoxy) is 1. The van der Waals surface area contributed by atoms with E-state index < -0.39 is 0 Å². The lowest BCUT2D eigenvalue weighted by Crippen LogP contribution is -2.24. The number of hydrogen-bond acceptors (Lipinski definition) is 5. The summed E-state index contributed by atoms with van der Waals surface area (Å²) in [5, 5.41) is 4.19. The lowest BCUT2D eigenvalue weighted by Gasteiger charge is -2.11. The largest absolute Gasteiger partial charge is 0.383 e. The normalized spacial score (nSPS) is 11.0. The van der Waals surface area contributed by atoms with E-state index in [2.05, 4.69) is 21.9 Å². The van der Waals surface area contributed by atoms with Crippen LogP contribution in [0.5, 0.6) is 0 Å². The summed E-state index contributed by atoms with van der Waals surface area (Å²) in [6.45, 7) is 6.96. The Balaban J connectivity index is 1.73. The number of rotatable bonds is 7. The second-order valence-corrected chi connectivity index (χ2v) is 7.05. The lowest BCUT2D eigenvalue weighted by molar-refractivity contribution is 0.186. The van der Waals surface area contributed by atoms with Crippen molar-refractivity contribution in [2.24, 2.45) is 0 Å². The Morgan fingerprint density at radius 3 is 2.83 bits per heavy atom. The third-order valence-corrected chi connectivity index (χ3v) is 4.90. The fourth-order valence-electron chi connectivity index (χ4n) is 3.26. The van der Waals surface area contributed by atoms with Crippen molar-refractivity contribution in [1.29, 1.82) is 0 Å². The molecule has 0 saturated carbocycles. The number of aromatic nitrogens is 4. The molecule has 7 nitrogen and oxygen atoms in total. The average Bonchev–Trinajstić information content (AvgIpc) is 3.12. The van der Waals surface area contributed by atoms with Gasteiger partial charge in [-0.25, -0.2) is 14.8 Å². The van der Waals surface area contributed by atoms with Crippen LogP contribution in [0.25, 0.3) is 22.2 Å². The van der Waals surface area contributed by atoms with Crippen molar-refractivity contribution in [3.05, 3.63) is 83.8 Å². The number of imidazole rings is 1. The minimum atomic E-state index is -0.119. The molecule has 4 rings (SSSR count). The molecule has 2 heterocycles. The molecule has 0 fully saturated rings. The molecule has 7 heteroatoms. The molecule has 2 aromatic heterocycles. The molecule has 0 unspecified atom stereocenters. The number of methoxy groups -OCH3 is 1. The van der Waals surface area contributed by atoms with Crippen LogP contribution in [0.15, 0.2) is 72.6 Å². The van der Waals surface area contributed by atoms with Gasteiger partial charge in [0, 0.05) is 30.6 Å². The van der Waals surface area contributed by atoms with E-state index in [0.29, 0.717) is 19.0 Å². The Morgan fingerprint density at radius 2 is 2.03 bits per heavy atom. The first-order chi connectivity index (χ1) is 14.6. The summed E-state index contributed by atoms with van der Waals surface area (Å²) in [6.07, 6.45) is 5.04. The highest BCUT2D eigenvalue weighted by Gasteiger charge is 2.10. The maximum atomic E-state index is 12.7. The Morgan fingerprint density at radius 1 is 1.17 bits per heavy atom. The summed E-state index contributed by atoms with van der Waals surface area (Å²) >= 11 is 0. The van der Waals surface area contributed by atoms with Gasteiger partial charge in [-0.1, -0.05) is 24.3 Å². The summed E-state index contributed by atoms with van der Waals surface area (Å²) in [4.78, 5) is 21.5. The first-order valence-electron chi connectivity index (χ1n) is 9.61. The minimum Gasteiger partial charge on any atom is -0.383 e. The summed E-state index contributed by atoms with van der Waals surface area (Å²) < 4.78 is 8.30. The fraction of sp³-hybridized carbons (Fsp3) is 0.174. The molecule has 2 aromatic carbocycles. The highest BCUT2D eigenvalue weighted by Crippen LogP contribution is 2.26. The van der Waals surface area contributed by atoms with Crippen LogP contribution in [0.1, 0.15) is 12.5 Å². The van der Waals surface area contributed by atoms with Crippen LogP contribution in [0, 0.1) is 0 Å². The van der Waals surface area contributed by atoms with E-state index in [-0.39, 0.29) is 5.69 Å². The molecule has 0 spiro atoms. The Hall–Kier alpha value is -3.71. The molecule has 0 amide bonds. The van der Waals surface area contributed by atoms with Gasteiger partial charge in [-0.2, -0.15) is 0 Å². The van der Waals surface area contributed by atoms with Crippen LogP contribution in [0.2, 0.25) is 0 Å². The minimum absolute atomic E-state index is 0.119. The van der Waals surface area contributed by atoms with Crippen molar-refractivity contribution in [3.8, 4) is 5.69 Å². The molecule has 0 bridgehead atoms. The first kappa shape index (κ1) is 19.6. The number of nitrogens with one attached hydrogen (secondary N) is 1. The summed E-state index contributed by atoms with van der Waals surface area (Å²) in [7, 11) is 1.62. The van der Waals surface area contributed by atoms with Gasteiger partial charge in [-0.3, -0.25) is 9.13 Å². The Bertz CT molecular complexity index is 1270. The molecule has 0 radical (unpaired) electrons. The van der Waals surface area contributed by atoms with E-state index in [4.69, 9.17) is 4.74 Å². The smallest absolute Gasteiger partial charge is 0.332 e. The molecule has 0 atom stereocenters. The molecule has 1 N–H and O–H groups in total. The fourth-order valence-corrected chi connectivity index (χ4v) is 3.26. The molecule has 0 saturated heterocycles. The molecule has 0 aliphatic carbocycles. The molecule has 30 heavy (non-hydrogen) atoms. The van der Waals surface area contributed by atoms with Gasteiger partial charge < -0.3 is 10.1 Å². The third-order valence-electron chi connectivity index (χ3n) is 4.90. The maximum absolute atomic E-state index is 12.7. The lowest BCUT2D eigenvalue weighted by atomic mass is 10.1. The standard InChI is InChI=1S/C23H23N5O2/c1-16(2)17-5-4-6-18(13-17)26-22-20-14-19(7-8-21(20)24-15-25-22)28-10-9-27(23(28)29)11-12-30-3/h4-10,13-15H,1,11-12H2,2-3H3,(H,24,25,26). The van der Waals surface area contributed by atoms with Crippen LogP contribution < -0.4 is 11.0 Å². The van der Waals surface area contributed by atoms with Gasteiger partial charge in [-0.05, 0) is 42.8 Å². The van der Waals surface area contributed by atoms with Gasteiger partial charge in [0.15, 0.2) is 0 Å². The van der Waals surface area contributed by atoms with Crippen LogP contribution >= 0.6 is 0 Å². The molecule has 4 aromatic rings. The van der Waals surface area contributed by atoms with E-state index in [1.54, 1.807) is 28.6 Å². The van der Waals surface area contributed by atoms with Gasteiger partial charge >= 0.3 is 5.69 Å². The third kappa shape index (κ3) is 3.88. The molecule has 0 aliphatic rings. The van der Waals surface area contributed by atoms with Crippen molar-refractivity contribution < 1.29 is 4.74 Å². The second-order valence-electron chi connectivity index (χ2n) is 7.05. The number of hydrogen-bond donors (Lipinski definition) is 1. The zero-order valence-electron chi connectivity index (χ0n) is 17.0. The monoisotopic (exact) mass is 401 g/mol. The number of allylic oxidation sites excluding steroid dienone is 1. The summed E-state index contributed by atoms with van der Waals surface area (Å²) in [5.41, 5.74) is 4.38. The van der Waals surface area contributed by atoms with Gasteiger partial charge in [0.05, 0.1) is 24.4 Å². The van der Waals surface area contributed by atoms with E-state index in [0.717, 1.165) is 33.4 Å². The Kier molecular flexibility index (Phi) is 5.45. The highest BCUT2D eigenvalue weighted by molar-refractivity contribution is 5.92. The second kappa shape index (κ2) is 8.34. The topological polar surface area (TPSA) is 74.0 Å². The van der Waals surface area contributed by atoms with E-state index in [9.17, 15) is 4.79 Å². The van der Waals surface area contributed by atoms with Gasteiger partial charge in [0.25, 0.3) is 0 Å². The van der Waals surface area contributed by atoms with E-state index in [1.165, 1.54) is 6.33 Å². The van der Waals surface area contributed by atoms with Crippen LogP contribution in [0.3, 0.4) is 0 Å². The molecular weight excluding hydrogens is 378 g/mol. The van der Waals surface area contributed by atoms with Crippen molar-refractivity contribution in [2.45, 2.75) is 13.5 Å². The van der Waals surface area contributed by atoms with Crippen molar-refractivity contribution in [2.75, 3.05) is 19.0 Å². The molecule has 0 aliphatic heterocycles. The predicted molar refractivity (Wildman–Crippen MR) is 119 cm³/mol. The maximum Gasteiger partial charge on any atom is 0.332 e.